The first-order valence-corrected chi connectivity index (χ1v) is 8.05. The minimum Gasteiger partial charge on any atom is -0.474 e. The first kappa shape index (κ1) is 16.4. The molecule has 1 N–H and O–H groups in total. The van der Waals surface area contributed by atoms with Crippen LogP contribution in [0.5, 0.6) is 5.88 Å². The van der Waals surface area contributed by atoms with Crippen molar-refractivity contribution >= 4 is 0 Å². The molecule has 5 nitrogen and oxygen atoms in total. The van der Waals surface area contributed by atoms with E-state index in [4.69, 9.17) is 4.74 Å². The summed E-state index contributed by atoms with van der Waals surface area (Å²) in [5, 5.41) is 3.20. The minimum atomic E-state index is -4.56. The topological polar surface area (TPSA) is 50.3 Å². The van der Waals surface area contributed by atoms with E-state index in [9.17, 15) is 13.2 Å². The van der Waals surface area contributed by atoms with Crippen LogP contribution in [0.1, 0.15) is 37.2 Å². The SMILES string of the molecule is FC(F)(F)c1nc(CN2CCCC2)cc(OC2CCNCC2)n1. The van der Waals surface area contributed by atoms with Crippen molar-refractivity contribution in [3.8, 4) is 5.88 Å². The van der Waals surface area contributed by atoms with Gasteiger partial charge in [-0.2, -0.15) is 18.2 Å². The van der Waals surface area contributed by atoms with Gasteiger partial charge in [-0.1, -0.05) is 0 Å². The van der Waals surface area contributed by atoms with Gasteiger partial charge < -0.3 is 10.1 Å². The maximum Gasteiger partial charge on any atom is 0.451 e. The highest BCUT2D eigenvalue weighted by molar-refractivity contribution is 5.18. The van der Waals surface area contributed by atoms with E-state index in [1.807, 2.05) is 0 Å². The van der Waals surface area contributed by atoms with E-state index in [1.54, 1.807) is 6.07 Å². The summed E-state index contributed by atoms with van der Waals surface area (Å²) in [4.78, 5) is 9.38. The summed E-state index contributed by atoms with van der Waals surface area (Å²) in [7, 11) is 0. The van der Waals surface area contributed by atoms with Crippen molar-refractivity contribution in [2.75, 3.05) is 26.2 Å². The number of nitrogens with zero attached hydrogens (tertiary/aromatic N) is 3. The molecule has 2 aliphatic rings. The lowest BCUT2D eigenvalue weighted by atomic mass is 10.1. The Morgan fingerprint density at radius 1 is 1.17 bits per heavy atom. The van der Waals surface area contributed by atoms with E-state index in [0.29, 0.717) is 12.2 Å². The summed E-state index contributed by atoms with van der Waals surface area (Å²) in [6, 6.07) is 1.55. The van der Waals surface area contributed by atoms with E-state index in [0.717, 1.165) is 51.9 Å². The van der Waals surface area contributed by atoms with Gasteiger partial charge in [0.05, 0.1) is 5.69 Å². The molecular formula is C15H21F3N4O. The van der Waals surface area contributed by atoms with Gasteiger partial charge in [0.1, 0.15) is 6.10 Å². The molecule has 0 atom stereocenters. The Hall–Kier alpha value is -1.41. The summed E-state index contributed by atoms with van der Waals surface area (Å²) in [5.74, 6) is -1.08. The highest BCUT2D eigenvalue weighted by atomic mass is 19.4. The van der Waals surface area contributed by atoms with Gasteiger partial charge in [0.25, 0.3) is 0 Å². The zero-order valence-corrected chi connectivity index (χ0v) is 12.9. The Kier molecular flexibility index (Phi) is 5.01. The molecule has 1 aromatic heterocycles. The molecule has 3 rings (SSSR count). The Morgan fingerprint density at radius 3 is 2.52 bits per heavy atom. The molecule has 2 fully saturated rings. The minimum absolute atomic E-state index is 0.0356. The number of hydrogen-bond donors (Lipinski definition) is 1. The summed E-state index contributed by atoms with van der Waals surface area (Å²) < 4.78 is 44.8. The second-order valence-electron chi connectivity index (χ2n) is 6.07. The fraction of sp³-hybridized carbons (Fsp3) is 0.733. The van der Waals surface area contributed by atoms with Gasteiger partial charge in [0, 0.05) is 12.6 Å². The van der Waals surface area contributed by atoms with E-state index < -0.39 is 12.0 Å². The van der Waals surface area contributed by atoms with Crippen LogP contribution in [0.25, 0.3) is 0 Å². The quantitative estimate of drug-likeness (QED) is 0.917. The molecular weight excluding hydrogens is 309 g/mol. The Balaban J connectivity index is 1.78. The normalized spacial score (nSPS) is 20.8. The molecule has 0 radical (unpaired) electrons. The van der Waals surface area contributed by atoms with E-state index in [2.05, 4.69) is 20.2 Å². The lowest BCUT2D eigenvalue weighted by Gasteiger charge is -2.24. The van der Waals surface area contributed by atoms with Crippen molar-refractivity contribution in [1.82, 2.24) is 20.2 Å². The molecule has 3 heterocycles. The summed E-state index contributed by atoms with van der Waals surface area (Å²) in [6.45, 7) is 3.82. The predicted molar refractivity (Wildman–Crippen MR) is 78.1 cm³/mol. The van der Waals surface area contributed by atoms with Crippen LogP contribution in [0.3, 0.4) is 0 Å². The number of rotatable bonds is 4. The highest BCUT2D eigenvalue weighted by Gasteiger charge is 2.36. The van der Waals surface area contributed by atoms with E-state index in [1.165, 1.54) is 0 Å². The summed E-state index contributed by atoms with van der Waals surface area (Å²) in [6.07, 6.45) is -0.954. The Labute approximate surface area is 133 Å². The monoisotopic (exact) mass is 330 g/mol. The molecule has 0 aliphatic carbocycles. The molecule has 0 bridgehead atoms. The number of likely N-dealkylation sites (tertiary alicyclic amines) is 1. The molecule has 1 aromatic rings. The highest BCUT2D eigenvalue weighted by Crippen LogP contribution is 2.29. The third kappa shape index (κ3) is 4.54. The lowest BCUT2D eigenvalue weighted by Crippen LogP contribution is -2.34. The van der Waals surface area contributed by atoms with E-state index >= 15 is 0 Å². The van der Waals surface area contributed by atoms with Gasteiger partial charge in [-0.05, 0) is 51.9 Å². The van der Waals surface area contributed by atoms with Gasteiger partial charge in [0.15, 0.2) is 0 Å². The molecule has 0 unspecified atom stereocenters. The predicted octanol–water partition coefficient (Wildman–Crippen LogP) is 2.22. The van der Waals surface area contributed by atoms with Crippen molar-refractivity contribution in [1.29, 1.82) is 0 Å². The van der Waals surface area contributed by atoms with Gasteiger partial charge in [0.2, 0.25) is 11.7 Å². The molecule has 0 spiro atoms. The van der Waals surface area contributed by atoms with Crippen LogP contribution in [0, 0.1) is 0 Å². The average molecular weight is 330 g/mol. The van der Waals surface area contributed by atoms with Gasteiger partial charge in [-0.25, -0.2) is 4.98 Å². The van der Waals surface area contributed by atoms with Gasteiger partial charge in [-0.3, -0.25) is 4.90 Å². The van der Waals surface area contributed by atoms with Crippen LogP contribution < -0.4 is 10.1 Å². The van der Waals surface area contributed by atoms with Crippen molar-refractivity contribution in [3.05, 3.63) is 17.6 Å². The second kappa shape index (κ2) is 7.00. The van der Waals surface area contributed by atoms with Gasteiger partial charge >= 0.3 is 6.18 Å². The van der Waals surface area contributed by atoms with Crippen LogP contribution >= 0.6 is 0 Å². The van der Waals surface area contributed by atoms with Crippen LogP contribution in [-0.4, -0.2) is 47.2 Å². The maximum absolute atomic E-state index is 13.0. The van der Waals surface area contributed by atoms with Crippen LogP contribution in [0.4, 0.5) is 13.2 Å². The van der Waals surface area contributed by atoms with Crippen LogP contribution in [0.2, 0.25) is 0 Å². The number of halogens is 3. The van der Waals surface area contributed by atoms with Crippen molar-refractivity contribution in [3.63, 3.8) is 0 Å². The third-order valence-corrected chi connectivity index (χ3v) is 4.17. The van der Waals surface area contributed by atoms with Crippen LogP contribution in [-0.2, 0) is 12.7 Å². The standard InChI is InChI=1S/C15H21F3N4O/c16-15(17,18)14-20-11(10-22-7-1-2-8-22)9-13(21-14)23-12-3-5-19-6-4-12/h9,12,19H,1-8,10H2. The summed E-state index contributed by atoms with van der Waals surface area (Å²) >= 11 is 0. The largest absolute Gasteiger partial charge is 0.474 e. The average Bonchev–Trinajstić information content (AvgIpc) is 3.00. The van der Waals surface area contributed by atoms with Crippen molar-refractivity contribution < 1.29 is 17.9 Å². The Bertz CT molecular complexity index is 526. The lowest BCUT2D eigenvalue weighted by molar-refractivity contribution is -0.145. The van der Waals surface area contributed by atoms with E-state index in [-0.39, 0.29) is 12.0 Å². The van der Waals surface area contributed by atoms with Gasteiger partial charge in [-0.15, -0.1) is 0 Å². The number of hydrogen-bond acceptors (Lipinski definition) is 5. The number of piperidine rings is 1. The molecule has 2 aliphatic heterocycles. The number of aromatic nitrogens is 2. The summed E-state index contributed by atoms with van der Waals surface area (Å²) in [5.41, 5.74) is 0.373. The van der Waals surface area contributed by atoms with Crippen molar-refractivity contribution in [2.24, 2.45) is 0 Å². The third-order valence-electron chi connectivity index (χ3n) is 4.17. The number of nitrogens with one attached hydrogen (secondary N) is 1. The second-order valence-corrected chi connectivity index (χ2v) is 6.07. The molecule has 128 valence electrons. The van der Waals surface area contributed by atoms with Crippen LogP contribution in [0.15, 0.2) is 6.07 Å². The first-order valence-electron chi connectivity index (χ1n) is 8.05. The zero-order chi connectivity index (χ0) is 16.3. The fourth-order valence-corrected chi connectivity index (χ4v) is 2.99. The molecule has 8 heteroatoms. The van der Waals surface area contributed by atoms with Crippen molar-refractivity contribution in [2.45, 2.75) is 44.5 Å². The Morgan fingerprint density at radius 2 is 1.87 bits per heavy atom. The first-order chi connectivity index (χ1) is 11.0. The molecule has 0 amide bonds. The molecule has 23 heavy (non-hydrogen) atoms. The maximum atomic E-state index is 13.0. The number of ether oxygens (including phenoxy) is 1. The molecule has 2 saturated heterocycles. The molecule has 0 saturated carbocycles. The molecule has 0 aromatic carbocycles. The smallest absolute Gasteiger partial charge is 0.451 e. The fourth-order valence-electron chi connectivity index (χ4n) is 2.99. The number of alkyl halides is 3. The zero-order valence-electron chi connectivity index (χ0n) is 12.9.